The van der Waals surface area contributed by atoms with Crippen LogP contribution in [0.2, 0.25) is 0 Å². The minimum atomic E-state index is 0.951. The molecule has 0 spiro atoms. The number of imidazole rings is 1. The first kappa shape index (κ1) is 13.5. The van der Waals surface area contributed by atoms with Crippen molar-refractivity contribution in [2.75, 3.05) is 20.6 Å². The zero-order valence-corrected chi connectivity index (χ0v) is 13.1. The van der Waals surface area contributed by atoms with E-state index < -0.39 is 0 Å². The lowest BCUT2D eigenvalue weighted by Gasteiger charge is -2.11. The van der Waals surface area contributed by atoms with Crippen molar-refractivity contribution in [1.29, 1.82) is 0 Å². The highest BCUT2D eigenvalue weighted by Gasteiger charge is 2.11. The Morgan fingerprint density at radius 2 is 2.00 bits per heavy atom. The summed E-state index contributed by atoms with van der Waals surface area (Å²) in [6.45, 7) is 1.96. The molecule has 0 saturated heterocycles. The van der Waals surface area contributed by atoms with Crippen LogP contribution in [0.4, 0.5) is 0 Å². The van der Waals surface area contributed by atoms with E-state index in [0.29, 0.717) is 0 Å². The maximum absolute atomic E-state index is 4.50. The summed E-state index contributed by atoms with van der Waals surface area (Å²) in [4.78, 5) is 13.4. The summed E-state index contributed by atoms with van der Waals surface area (Å²) in [6, 6.07) is 4.26. The Bertz CT molecular complexity index is 667. The van der Waals surface area contributed by atoms with Gasteiger partial charge < -0.3 is 9.47 Å². The van der Waals surface area contributed by atoms with Crippen LogP contribution >= 0.6 is 22.7 Å². The molecule has 3 aromatic rings. The Hall–Kier alpha value is -1.50. The number of hydrogen-bond acceptors (Lipinski definition) is 5. The largest absolute Gasteiger partial charge is 0.329 e. The van der Waals surface area contributed by atoms with Crippen LogP contribution in [0.15, 0.2) is 36.1 Å². The molecule has 0 atom stereocenters. The van der Waals surface area contributed by atoms with Gasteiger partial charge in [-0.05, 0) is 26.2 Å². The van der Waals surface area contributed by atoms with Crippen LogP contribution in [0.1, 0.15) is 0 Å². The van der Waals surface area contributed by atoms with E-state index in [4.69, 9.17) is 0 Å². The molecule has 0 aliphatic rings. The monoisotopic (exact) mass is 304 g/mol. The number of aromatic nitrogens is 3. The zero-order valence-electron chi connectivity index (χ0n) is 11.5. The van der Waals surface area contributed by atoms with Crippen molar-refractivity contribution in [3.63, 3.8) is 0 Å². The van der Waals surface area contributed by atoms with Gasteiger partial charge in [-0.25, -0.2) is 9.97 Å². The van der Waals surface area contributed by atoms with Gasteiger partial charge in [0.1, 0.15) is 10.8 Å². The predicted molar refractivity (Wildman–Crippen MR) is 85.2 cm³/mol. The van der Waals surface area contributed by atoms with Crippen LogP contribution < -0.4 is 0 Å². The lowest BCUT2D eigenvalue weighted by molar-refractivity contribution is 0.385. The Kier molecular flexibility index (Phi) is 3.95. The fraction of sp³-hybridized carbons (Fsp3) is 0.286. The quantitative estimate of drug-likeness (QED) is 0.725. The van der Waals surface area contributed by atoms with Gasteiger partial charge in [0.05, 0.1) is 9.75 Å². The second-order valence-electron chi connectivity index (χ2n) is 4.75. The van der Waals surface area contributed by atoms with Crippen LogP contribution in [0, 0.1) is 0 Å². The predicted octanol–water partition coefficient (Wildman–Crippen LogP) is 3.30. The van der Waals surface area contributed by atoms with Gasteiger partial charge in [-0.15, -0.1) is 22.7 Å². The third-order valence-electron chi connectivity index (χ3n) is 2.97. The van der Waals surface area contributed by atoms with Crippen molar-refractivity contribution in [2.45, 2.75) is 6.54 Å². The van der Waals surface area contributed by atoms with E-state index in [-0.39, 0.29) is 0 Å². The van der Waals surface area contributed by atoms with Gasteiger partial charge in [0, 0.05) is 37.1 Å². The molecule has 6 heteroatoms. The second kappa shape index (κ2) is 5.87. The Morgan fingerprint density at radius 3 is 2.75 bits per heavy atom. The van der Waals surface area contributed by atoms with Crippen molar-refractivity contribution >= 4 is 22.7 Å². The SMILES string of the molecule is CN(C)CCn1ccnc1-c1ccc(-c2nccs2)s1. The first-order chi connectivity index (χ1) is 9.74. The number of nitrogens with zero attached hydrogens (tertiary/aromatic N) is 4. The third-order valence-corrected chi connectivity index (χ3v) is 5.00. The summed E-state index contributed by atoms with van der Waals surface area (Å²) in [5, 5.41) is 3.08. The van der Waals surface area contributed by atoms with E-state index in [1.165, 1.54) is 9.75 Å². The smallest absolute Gasteiger partial charge is 0.150 e. The molecule has 0 radical (unpaired) electrons. The van der Waals surface area contributed by atoms with Crippen LogP contribution in [0.25, 0.3) is 20.6 Å². The van der Waals surface area contributed by atoms with Gasteiger partial charge in [0.25, 0.3) is 0 Å². The van der Waals surface area contributed by atoms with Gasteiger partial charge in [-0.1, -0.05) is 0 Å². The van der Waals surface area contributed by atoms with Gasteiger partial charge in [-0.2, -0.15) is 0 Å². The fourth-order valence-corrected chi connectivity index (χ4v) is 3.68. The summed E-state index contributed by atoms with van der Waals surface area (Å²) in [6.07, 6.45) is 5.76. The number of likely N-dealkylation sites (N-methyl/N-ethyl adjacent to an activating group) is 1. The Morgan fingerprint density at radius 1 is 1.15 bits per heavy atom. The van der Waals surface area contributed by atoms with Crippen LogP contribution in [-0.2, 0) is 6.54 Å². The molecule has 104 valence electrons. The van der Waals surface area contributed by atoms with Crippen LogP contribution in [0.3, 0.4) is 0 Å². The lowest BCUT2D eigenvalue weighted by Crippen LogP contribution is -2.18. The summed E-state index contributed by atoms with van der Waals surface area (Å²) in [5.74, 6) is 1.04. The van der Waals surface area contributed by atoms with Crippen molar-refractivity contribution in [1.82, 2.24) is 19.4 Å². The Labute approximate surface area is 126 Å². The Balaban J connectivity index is 1.85. The second-order valence-corrected chi connectivity index (χ2v) is 6.73. The van der Waals surface area contributed by atoms with Crippen molar-refractivity contribution in [3.8, 4) is 20.6 Å². The maximum Gasteiger partial charge on any atom is 0.150 e. The molecule has 0 aromatic carbocycles. The van der Waals surface area contributed by atoms with Crippen molar-refractivity contribution in [3.05, 3.63) is 36.1 Å². The molecule has 0 amide bonds. The van der Waals surface area contributed by atoms with Gasteiger partial charge in [-0.3, -0.25) is 0 Å². The maximum atomic E-state index is 4.50. The highest BCUT2D eigenvalue weighted by atomic mass is 32.1. The number of thiazole rings is 1. The lowest BCUT2D eigenvalue weighted by atomic mass is 10.4. The van der Waals surface area contributed by atoms with Gasteiger partial charge in [0.15, 0.2) is 0 Å². The van der Waals surface area contributed by atoms with E-state index in [2.05, 4.69) is 45.7 Å². The molecule has 3 rings (SSSR count). The first-order valence-corrected chi connectivity index (χ1v) is 8.09. The standard InChI is InChI=1S/C14H16N4S2/c1-17(2)8-9-18-7-5-15-13(18)11-3-4-12(20-11)14-16-6-10-19-14/h3-7,10H,8-9H2,1-2H3. The molecule has 0 unspecified atom stereocenters. The van der Waals surface area contributed by atoms with Crippen LogP contribution in [0.5, 0.6) is 0 Å². The number of thiophene rings is 1. The summed E-state index contributed by atoms with van der Waals surface area (Å²) >= 11 is 3.42. The van der Waals surface area contributed by atoms with E-state index >= 15 is 0 Å². The van der Waals surface area contributed by atoms with E-state index in [9.17, 15) is 0 Å². The van der Waals surface area contributed by atoms with Gasteiger partial charge >= 0.3 is 0 Å². The van der Waals surface area contributed by atoms with Crippen molar-refractivity contribution in [2.24, 2.45) is 0 Å². The van der Waals surface area contributed by atoms with E-state index in [0.717, 1.165) is 23.9 Å². The zero-order chi connectivity index (χ0) is 13.9. The summed E-state index contributed by atoms with van der Waals surface area (Å²) in [5.41, 5.74) is 0. The molecular weight excluding hydrogens is 288 g/mol. The third kappa shape index (κ3) is 2.82. The van der Waals surface area contributed by atoms with Crippen LogP contribution in [-0.4, -0.2) is 40.1 Å². The van der Waals surface area contributed by atoms with Gasteiger partial charge in [0.2, 0.25) is 0 Å². The summed E-state index contributed by atoms with van der Waals surface area (Å²) < 4.78 is 2.21. The molecule has 0 aliphatic heterocycles. The molecule has 0 N–H and O–H groups in total. The fourth-order valence-electron chi connectivity index (χ4n) is 1.94. The molecular formula is C14H16N4S2. The topological polar surface area (TPSA) is 34.0 Å². The average molecular weight is 304 g/mol. The number of rotatable bonds is 5. The minimum absolute atomic E-state index is 0.951. The average Bonchev–Trinajstić information content (AvgIpc) is 3.15. The molecule has 0 saturated carbocycles. The molecule has 0 bridgehead atoms. The molecule has 3 aromatic heterocycles. The molecule has 20 heavy (non-hydrogen) atoms. The van der Waals surface area contributed by atoms with E-state index in [1.807, 2.05) is 24.0 Å². The highest BCUT2D eigenvalue weighted by molar-refractivity contribution is 7.23. The summed E-state index contributed by atoms with van der Waals surface area (Å²) in [7, 11) is 4.17. The van der Waals surface area contributed by atoms with E-state index in [1.54, 1.807) is 22.7 Å². The molecule has 0 aliphatic carbocycles. The first-order valence-electron chi connectivity index (χ1n) is 6.40. The number of hydrogen-bond donors (Lipinski definition) is 0. The minimum Gasteiger partial charge on any atom is -0.329 e. The molecule has 4 nitrogen and oxygen atoms in total. The highest BCUT2D eigenvalue weighted by Crippen LogP contribution is 2.34. The molecule has 3 heterocycles. The van der Waals surface area contributed by atoms with Crippen molar-refractivity contribution < 1.29 is 0 Å². The molecule has 0 fully saturated rings. The normalized spacial score (nSPS) is 11.3.